The van der Waals surface area contributed by atoms with Crippen molar-refractivity contribution in [3.05, 3.63) is 53.6 Å². The van der Waals surface area contributed by atoms with Crippen LogP contribution in [0, 0.1) is 0 Å². The van der Waals surface area contributed by atoms with Crippen LogP contribution in [0.5, 0.6) is 17.2 Å². The molecular formula is C19H24O6. The maximum Gasteiger partial charge on any atom is 0.225 e. The molecule has 0 atom stereocenters. The average Bonchev–Trinajstić information content (AvgIpc) is 2.68. The highest BCUT2D eigenvalue weighted by atomic mass is 16.7. The predicted molar refractivity (Wildman–Crippen MR) is 93.4 cm³/mol. The number of hydrogen-bond acceptors (Lipinski definition) is 6. The molecule has 6 heteroatoms. The Labute approximate surface area is 147 Å². The second-order valence-corrected chi connectivity index (χ2v) is 5.19. The maximum atomic E-state index is 8.85. The Bertz CT molecular complexity index is 664. The molecule has 0 aliphatic rings. The van der Waals surface area contributed by atoms with E-state index in [0.717, 1.165) is 5.56 Å². The molecule has 0 saturated carbocycles. The molecule has 6 nitrogen and oxygen atoms in total. The minimum atomic E-state index is -1.15. The summed E-state index contributed by atoms with van der Waals surface area (Å²) in [6, 6.07) is 12.7. The fourth-order valence-electron chi connectivity index (χ4n) is 2.70. The molecule has 136 valence electrons. The van der Waals surface area contributed by atoms with E-state index in [2.05, 4.69) is 0 Å². The van der Waals surface area contributed by atoms with Crippen molar-refractivity contribution in [2.24, 2.45) is 0 Å². The van der Waals surface area contributed by atoms with Gasteiger partial charge in [0.2, 0.25) is 5.79 Å². The van der Waals surface area contributed by atoms with E-state index in [1.165, 1.54) is 0 Å². The summed E-state index contributed by atoms with van der Waals surface area (Å²) < 4.78 is 27.7. The summed E-state index contributed by atoms with van der Waals surface area (Å²) in [4.78, 5) is 0. The van der Waals surface area contributed by atoms with Gasteiger partial charge in [-0.3, -0.25) is 0 Å². The fourth-order valence-corrected chi connectivity index (χ4v) is 2.70. The summed E-state index contributed by atoms with van der Waals surface area (Å²) in [6.07, 6.45) is 0. The Morgan fingerprint density at radius 2 is 1.48 bits per heavy atom. The third kappa shape index (κ3) is 3.87. The third-order valence-electron chi connectivity index (χ3n) is 3.93. The van der Waals surface area contributed by atoms with Gasteiger partial charge >= 0.3 is 0 Å². The van der Waals surface area contributed by atoms with Gasteiger partial charge in [-0.2, -0.15) is 0 Å². The number of rotatable bonds is 9. The zero-order valence-corrected chi connectivity index (χ0v) is 14.9. The third-order valence-corrected chi connectivity index (χ3v) is 3.93. The first-order chi connectivity index (χ1) is 12.1. The highest BCUT2D eigenvalue weighted by Crippen LogP contribution is 2.41. The Kier molecular flexibility index (Phi) is 6.64. The first-order valence-electron chi connectivity index (χ1n) is 7.82. The molecule has 0 fully saturated rings. The SMILES string of the molecule is COc1ccc(C(OC)(OC)c2ccc(OCCO)cc2)c(OC)c1. The lowest BCUT2D eigenvalue weighted by molar-refractivity contribution is -0.184. The van der Waals surface area contributed by atoms with Gasteiger partial charge in [0.15, 0.2) is 0 Å². The summed E-state index contributed by atoms with van der Waals surface area (Å²) in [5.74, 6) is 0.770. The summed E-state index contributed by atoms with van der Waals surface area (Å²) in [7, 11) is 6.33. The standard InChI is InChI=1S/C19H24O6/c1-21-16-9-10-17(18(13-16)22-2)19(23-3,24-4)14-5-7-15(8-6-14)25-12-11-20/h5-10,13,20H,11-12H2,1-4H3. The van der Waals surface area contributed by atoms with Crippen molar-refractivity contribution in [3.63, 3.8) is 0 Å². The molecular weight excluding hydrogens is 324 g/mol. The van der Waals surface area contributed by atoms with E-state index >= 15 is 0 Å². The lowest BCUT2D eigenvalue weighted by Gasteiger charge is -2.33. The van der Waals surface area contributed by atoms with Crippen LogP contribution in [0.1, 0.15) is 11.1 Å². The van der Waals surface area contributed by atoms with E-state index in [1.54, 1.807) is 46.6 Å². The van der Waals surface area contributed by atoms with Crippen LogP contribution < -0.4 is 14.2 Å². The minimum Gasteiger partial charge on any atom is -0.497 e. The van der Waals surface area contributed by atoms with Crippen molar-refractivity contribution >= 4 is 0 Å². The van der Waals surface area contributed by atoms with Crippen LogP contribution in [-0.2, 0) is 15.3 Å². The molecule has 0 heterocycles. The van der Waals surface area contributed by atoms with Gasteiger partial charge in [-0.25, -0.2) is 0 Å². The van der Waals surface area contributed by atoms with Gasteiger partial charge in [0.1, 0.15) is 23.9 Å². The van der Waals surface area contributed by atoms with Gasteiger partial charge in [-0.05, 0) is 36.4 Å². The van der Waals surface area contributed by atoms with Gasteiger partial charge in [-0.1, -0.05) is 0 Å². The highest BCUT2D eigenvalue weighted by Gasteiger charge is 2.37. The monoisotopic (exact) mass is 348 g/mol. The van der Waals surface area contributed by atoms with Gasteiger partial charge < -0.3 is 28.8 Å². The van der Waals surface area contributed by atoms with Gasteiger partial charge in [0, 0.05) is 25.8 Å². The molecule has 1 N–H and O–H groups in total. The van der Waals surface area contributed by atoms with Gasteiger partial charge in [-0.15, -0.1) is 0 Å². The second kappa shape index (κ2) is 8.71. The van der Waals surface area contributed by atoms with Crippen molar-refractivity contribution in [2.75, 3.05) is 41.7 Å². The normalized spacial score (nSPS) is 11.2. The zero-order chi connectivity index (χ0) is 18.3. The zero-order valence-electron chi connectivity index (χ0n) is 14.9. The quantitative estimate of drug-likeness (QED) is 0.703. The van der Waals surface area contributed by atoms with E-state index in [9.17, 15) is 0 Å². The van der Waals surface area contributed by atoms with Crippen LogP contribution in [0.2, 0.25) is 0 Å². The molecule has 25 heavy (non-hydrogen) atoms. The highest BCUT2D eigenvalue weighted by molar-refractivity contribution is 5.48. The Morgan fingerprint density at radius 1 is 0.840 bits per heavy atom. The molecule has 0 aliphatic carbocycles. The smallest absolute Gasteiger partial charge is 0.225 e. The molecule has 2 rings (SSSR count). The minimum absolute atomic E-state index is 0.0368. The molecule has 0 saturated heterocycles. The van der Waals surface area contributed by atoms with Crippen LogP contribution in [0.3, 0.4) is 0 Å². The van der Waals surface area contributed by atoms with E-state index in [1.807, 2.05) is 24.3 Å². The molecule has 0 unspecified atom stereocenters. The van der Waals surface area contributed by atoms with E-state index in [4.69, 9.17) is 28.8 Å². The number of aliphatic hydroxyl groups excluding tert-OH is 1. The lowest BCUT2D eigenvalue weighted by Crippen LogP contribution is -2.32. The number of methoxy groups -OCH3 is 4. The largest absolute Gasteiger partial charge is 0.497 e. The molecule has 0 bridgehead atoms. The van der Waals surface area contributed by atoms with Crippen molar-refractivity contribution in [1.29, 1.82) is 0 Å². The number of ether oxygens (including phenoxy) is 5. The molecule has 2 aromatic carbocycles. The molecule has 0 aromatic heterocycles. The summed E-state index contributed by atoms with van der Waals surface area (Å²) in [6.45, 7) is 0.205. The second-order valence-electron chi connectivity index (χ2n) is 5.19. The first kappa shape index (κ1) is 19.1. The molecule has 0 radical (unpaired) electrons. The molecule has 0 spiro atoms. The fraction of sp³-hybridized carbons (Fsp3) is 0.368. The predicted octanol–water partition coefficient (Wildman–Crippen LogP) is 2.57. The lowest BCUT2D eigenvalue weighted by atomic mass is 9.95. The van der Waals surface area contributed by atoms with Crippen molar-refractivity contribution in [1.82, 2.24) is 0 Å². The van der Waals surface area contributed by atoms with Crippen molar-refractivity contribution < 1.29 is 28.8 Å². The van der Waals surface area contributed by atoms with Crippen LogP contribution >= 0.6 is 0 Å². The molecule has 0 aliphatic heterocycles. The number of aliphatic hydroxyl groups is 1. The van der Waals surface area contributed by atoms with E-state index in [-0.39, 0.29) is 13.2 Å². The molecule has 0 amide bonds. The van der Waals surface area contributed by atoms with Crippen LogP contribution in [-0.4, -0.2) is 46.8 Å². The van der Waals surface area contributed by atoms with Crippen molar-refractivity contribution in [3.8, 4) is 17.2 Å². The van der Waals surface area contributed by atoms with Crippen molar-refractivity contribution in [2.45, 2.75) is 5.79 Å². The topological polar surface area (TPSA) is 66.4 Å². The summed E-state index contributed by atoms with van der Waals surface area (Å²) in [5.41, 5.74) is 1.49. The van der Waals surface area contributed by atoms with Crippen LogP contribution in [0.25, 0.3) is 0 Å². The maximum absolute atomic E-state index is 8.85. The van der Waals surface area contributed by atoms with Crippen LogP contribution in [0.15, 0.2) is 42.5 Å². The average molecular weight is 348 g/mol. The van der Waals surface area contributed by atoms with Gasteiger partial charge in [0.05, 0.1) is 26.4 Å². The Balaban J connectivity index is 2.48. The number of hydrogen-bond donors (Lipinski definition) is 1. The van der Waals surface area contributed by atoms with Crippen LogP contribution in [0.4, 0.5) is 0 Å². The van der Waals surface area contributed by atoms with E-state index in [0.29, 0.717) is 22.8 Å². The first-order valence-corrected chi connectivity index (χ1v) is 7.82. The van der Waals surface area contributed by atoms with Gasteiger partial charge in [0.25, 0.3) is 0 Å². The summed E-state index contributed by atoms with van der Waals surface area (Å²) >= 11 is 0. The molecule has 2 aromatic rings. The van der Waals surface area contributed by atoms with E-state index < -0.39 is 5.79 Å². The Hall–Kier alpha value is -2.28. The Morgan fingerprint density at radius 3 is 2.00 bits per heavy atom. The number of benzene rings is 2. The summed E-state index contributed by atoms with van der Waals surface area (Å²) in [5, 5.41) is 8.85.